The van der Waals surface area contributed by atoms with Crippen molar-refractivity contribution in [1.29, 1.82) is 0 Å². The molecule has 18 heavy (non-hydrogen) atoms. The number of halogens is 2. The third-order valence-electron chi connectivity index (χ3n) is 1.92. The Balaban J connectivity index is 2.86. The number of para-hydroxylation sites is 1. The Morgan fingerprint density at radius 2 is 2.11 bits per heavy atom. The highest BCUT2D eigenvalue weighted by atomic mass is 79.9. The smallest absolute Gasteiger partial charge is 0.337 e. The van der Waals surface area contributed by atoms with Crippen LogP contribution in [0.4, 0.5) is 10.5 Å². The minimum Gasteiger partial charge on any atom is -0.478 e. The largest absolute Gasteiger partial charge is 0.478 e. The van der Waals surface area contributed by atoms with E-state index in [2.05, 4.69) is 33.1 Å². The van der Waals surface area contributed by atoms with Crippen LogP contribution in [0.5, 0.6) is 0 Å². The lowest BCUT2D eigenvalue weighted by Gasteiger charge is -2.11. The molecule has 1 aromatic rings. The van der Waals surface area contributed by atoms with Crippen molar-refractivity contribution in [3.63, 3.8) is 0 Å². The Bertz CT molecular complexity index is 505. The fourth-order valence-corrected chi connectivity index (χ4v) is 1.70. The molecule has 96 valence electrons. The number of aromatic carboxylic acids is 1. The van der Waals surface area contributed by atoms with Crippen molar-refractivity contribution >= 4 is 45.2 Å². The van der Waals surface area contributed by atoms with Gasteiger partial charge in [0.1, 0.15) is 0 Å². The Kier molecular flexibility index (Phi) is 5.18. The van der Waals surface area contributed by atoms with Crippen LogP contribution in [0.25, 0.3) is 0 Å². The molecule has 0 saturated carbocycles. The standard InChI is InChI=1S/C11H10BrClN2O3/c1-6(13)5-14-11(18)15-9-7(10(16)17)3-2-4-8(9)12/h2-4H,1,5H2,(H,16,17)(H2,14,15,18). The molecule has 2 amide bonds. The topological polar surface area (TPSA) is 78.4 Å². The lowest BCUT2D eigenvalue weighted by atomic mass is 10.2. The summed E-state index contributed by atoms with van der Waals surface area (Å²) in [4.78, 5) is 22.5. The van der Waals surface area contributed by atoms with Crippen LogP contribution < -0.4 is 10.6 Å². The average Bonchev–Trinajstić information content (AvgIpc) is 2.28. The number of anilines is 1. The highest BCUT2D eigenvalue weighted by molar-refractivity contribution is 9.10. The first-order valence-electron chi connectivity index (χ1n) is 4.81. The fourth-order valence-electron chi connectivity index (χ4n) is 1.16. The van der Waals surface area contributed by atoms with Crippen molar-refractivity contribution in [2.75, 3.05) is 11.9 Å². The zero-order chi connectivity index (χ0) is 13.7. The van der Waals surface area contributed by atoms with Crippen LogP contribution in [0.15, 0.2) is 34.3 Å². The quantitative estimate of drug-likeness (QED) is 0.792. The van der Waals surface area contributed by atoms with Crippen LogP contribution in [-0.4, -0.2) is 23.7 Å². The van der Waals surface area contributed by atoms with E-state index >= 15 is 0 Å². The van der Waals surface area contributed by atoms with Crippen LogP contribution in [-0.2, 0) is 0 Å². The van der Waals surface area contributed by atoms with Gasteiger partial charge in [0.2, 0.25) is 0 Å². The molecule has 0 aromatic heterocycles. The summed E-state index contributed by atoms with van der Waals surface area (Å²) in [5, 5.41) is 14.1. The van der Waals surface area contributed by atoms with Gasteiger partial charge in [-0.05, 0) is 28.1 Å². The number of hydrogen-bond acceptors (Lipinski definition) is 2. The van der Waals surface area contributed by atoms with Crippen LogP contribution >= 0.6 is 27.5 Å². The van der Waals surface area contributed by atoms with Gasteiger partial charge < -0.3 is 15.7 Å². The number of carboxylic acid groups (broad SMARTS) is 1. The molecule has 0 unspecified atom stereocenters. The fraction of sp³-hybridized carbons (Fsp3) is 0.0909. The highest BCUT2D eigenvalue weighted by Crippen LogP contribution is 2.26. The SMILES string of the molecule is C=C(Cl)CNC(=O)Nc1c(Br)cccc1C(=O)O. The zero-order valence-corrected chi connectivity index (χ0v) is 11.5. The lowest BCUT2D eigenvalue weighted by molar-refractivity contribution is 0.0698. The normalized spacial score (nSPS) is 9.67. The highest BCUT2D eigenvalue weighted by Gasteiger charge is 2.14. The number of benzene rings is 1. The Morgan fingerprint density at radius 1 is 1.44 bits per heavy atom. The number of rotatable bonds is 4. The van der Waals surface area contributed by atoms with Crippen molar-refractivity contribution in [3.8, 4) is 0 Å². The second kappa shape index (κ2) is 6.42. The van der Waals surface area contributed by atoms with Gasteiger partial charge >= 0.3 is 12.0 Å². The Hall–Kier alpha value is -1.53. The first-order chi connectivity index (χ1) is 8.41. The van der Waals surface area contributed by atoms with Crippen molar-refractivity contribution in [2.45, 2.75) is 0 Å². The zero-order valence-electron chi connectivity index (χ0n) is 9.17. The van der Waals surface area contributed by atoms with E-state index < -0.39 is 12.0 Å². The number of amides is 2. The number of carboxylic acids is 1. The molecule has 0 aliphatic carbocycles. The maximum Gasteiger partial charge on any atom is 0.337 e. The Labute approximate surface area is 117 Å². The Morgan fingerprint density at radius 3 is 2.67 bits per heavy atom. The van der Waals surface area contributed by atoms with Crippen molar-refractivity contribution in [2.24, 2.45) is 0 Å². The summed E-state index contributed by atoms with van der Waals surface area (Å²) >= 11 is 8.67. The molecule has 0 heterocycles. The average molecular weight is 334 g/mol. The third kappa shape index (κ3) is 4.05. The molecule has 1 rings (SSSR count). The van der Waals surface area contributed by atoms with Crippen LogP contribution in [0.2, 0.25) is 0 Å². The number of nitrogens with one attached hydrogen (secondary N) is 2. The van der Waals surface area contributed by atoms with Crippen molar-refractivity contribution < 1.29 is 14.7 Å². The number of carbonyl (C=O) groups is 2. The van der Waals surface area contributed by atoms with E-state index in [0.29, 0.717) is 4.47 Å². The molecule has 0 atom stereocenters. The van der Waals surface area contributed by atoms with Gasteiger partial charge in [-0.15, -0.1) is 0 Å². The molecule has 5 nitrogen and oxygen atoms in total. The molecule has 1 aromatic carbocycles. The minimum absolute atomic E-state index is 0.00998. The predicted molar refractivity (Wildman–Crippen MR) is 73.1 cm³/mol. The first-order valence-corrected chi connectivity index (χ1v) is 5.99. The second-order valence-corrected chi connectivity index (χ2v) is 4.68. The number of urea groups is 1. The molecule has 3 N–H and O–H groups in total. The number of carbonyl (C=O) groups excluding carboxylic acids is 1. The summed E-state index contributed by atoms with van der Waals surface area (Å²) in [5.41, 5.74) is 0.173. The summed E-state index contributed by atoms with van der Waals surface area (Å²) in [6, 6.07) is 4.02. The molecular formula is C11H10BrClN2O3. The number of hydrogen-bond donors (Lipinski definition) is 3. The van der Waals surface area contributed by atoms with Gasteiger partial charge in [0, 0.05) is 9.51 Å². The molecule has 0 aliphatic rings. The van der Waals surface area contributed by atoms with E-state index in [-0.39, 0.29) is 22.8 Å². The van der Waals surface area contributed by atoms with E-state index in [1.807, 2.05) is 0 Å². The summed E-state index contributed by atoms with van der Waals surface area (Å²) in [5.74, 6) is -1.13. The predicted octanol–water partition coefficient (Wildman–Crippen LogP) is 3.02. The summed E-state index contributed by atoms with van der Waals surface area (Å²) < 4.78 is 0.474. The molecule has 0 radical (unpaired) electrons. The molecule has 0 aliphatic heterocycles. The third-order valence-corrected chi connectivity index (χ3v) is 2.72. The molecule has 0 bridgehead atoms. The van der Waals surface area contributed by atoms with E-state index in [1.165, 1.54) is 6.07 Å². The molecular weight excluding hydrogens is 323 g/mol. The van der Waals surface area contributed by atoms with Gasteiger partial charge in [0.25, 0.3) is 0 Å². The summed E-state index contributed by atoms with van der Waals surface area (Å²) in [6.07, 6.45) is 0. The van der Waals surface area contributed by atoms with Gasteiger partial charge in [-0.1, -0.05) is 24.2 Å². The van der Waals surface area contributed by atoms with E-state index in [9.17, 15) is 9.59 Å². The molecule has 0 saturated heterocycles. The summed E-state index contributed by atoms with van der Waals surface area (Å²) in [6.45, 7) is 3.51. The van der Waals surface area contributed by atoms with Gasteiger partial charge in [0.05, 0.1) is 17.8 Å². The van der Waals surface area contributed by atoms with Gasteiger partial charge in [-0.25, -0.2) is 9.59 Å². The summed E-state index contributed by atoms with van der Waals surface area (Å²) in [7, 11) is 0. The second-order valence-electron chi connectivity index (χ2n) is 3.29. The van der Waals surface area contributed by atoms with E-state index in [0.717, 1.165) is 0 Å². The van der Waals surface area contributed by atoms with Crippen molar-refractivity contribution in [3.05, 3.63) is 39.8 Å². The molecule has 0 spiro atoms. The van der Waals surface area contributed by atoms with Gasteiger partial charge in [-0.2, -0.15) is 0 Å². The van der Waals surface area contributed by atoms with E-state index in [4.69, 9.17) is 16.7 Å². The van der Waals surface area contributed by atoms with E-state index in [1.54, 1.807) is 12.1 Å². The molecule has 7 heteroatoms. The van der Waals surface area contributed by atoms with Gasteiger partial charge in [0.15, 0.2) is 0 Å². The first kappa shape index (κ1) is 14.5. The maximum absolute atomic E-state index is 11.5. The van der Waals surface area contributed by atoms with Gasteiger partial charge in [-0.3, -0.25) is 0 Å². The monoisotopic (exact) mass is 332 g/mol. The lowest BCUT2D eigenvalue weighted by Crippen LogP contribution is -2.30. The van der Waals surface area contributed by atoms with Crippen LogP contribution in [0.1, 0.15) is 10.4 Å². The molecule has 0 fully saturated rings. The maximum atomic E-state index is 11.5. The van der Waals surface area contributed by atoms with Crippen molar-refractivity contribution in [1.82, 2.24) is 5.32 Å². The van der Waals surface area contributed by atoms with Crippen LogP contribution in [0.3, 0.4) is 0 Å². The van der Waals surface area contributed by atoms with Crippen LogP contribution in [0, 0.1) is 0 Å². The minimum atomic E-state index is -1.13.